The fourth-order valence-electron chi connectivity index (χ4n) is 1.90. The van der Waals surface area contributed by atoms with Gasteiger partial charge in [0.1, 0.15) is 4.88 Å². The van der Waals surface area contributed by atoms with Crippen molar-refractivity contribution in [2.75, 3.05) is 0 Å². The molecule has 1 aliphatic rings. The molecule has 1 aromatic rings. The van der Waals surface area contributed by atoms with Gasteiger partial charge in [-0.2, -0.15) is 0 Å². The highest BCUT2D eigenvalue weighted by Gasteiger charge is 2.19. The van der Waals surface area contributed by atoms with Gasteiger partial charge >= 0.3 is 5.97 Å². The first kappa shape index (κ1) is 11.1. The molecule has 0 saturated heterocycles. The smallest absolute Gasteiger partial charge is 0.345 e. The van der Waals surface area contributed by atoms with E-state index in [4.69, 9.17) is 5.11 Å². The summed E-state index contributed by atoms with van der Waals surface area (Å²) >= 11 is 1.02. The maximum absolute atomic E-state index is 11.7. The molecule has 1 fully saturated rings. The van der Waals surface area contributed by atoms with Crippen LogP contribution in [0.4, 0.5) is 0 Å². The molecule has 5 heteroatoms. The van der Waals surface area contributed by atoms with E-state index in [2.05, 4.69) is 5.32 Å². The highest BCUT2D eigenvalue weighted by molar-refractivity contribution is 7.15. The summed E-state index contributed by atoms with van der Waals surface area (Å²) in [6.07, 6.45) is 4.39. The van der Waals surface area contributed by atoms with Gasteiger partial charge in [-0.15, -0.1) is 11.3 Å². The van der Waals surface area contributed by atoms with E-state index in [0.29, 0.717) is 4.88 Å². The summed E-state index contributed by atoms with van der Waals surface area (Å²) in [5.74, 6) is -1.13. The Balaban J connectivity index is 1.99. The number of carboxylic acids is 1. The predicted octanol–water partition coefficient (Wildman–Crippen LogP) is 2.12. The first-order valence-corrected chi connectivity index (χ1v) is 6.12. The van der Waals surface area contributed by atoms with Gasteiger partial charge < -0.3 is 10.4 Å². The lowest BCUT2D eigenvalue weighted by Gasteiger charge is -2.10. The lowest BCUT2D eigenvalue weighted by atomic mass is 10.2. The Hall–Kier alpha value is -1.36. The van der Waals surface area contributed by atoms with Crippen molar-refractivity contribution >= 4 is 23.2 Å². The van der Waals surface area contributed by atoms with Crippen molar-refractivity contribution in [3.05, 3.63) is 21.9 Å². The van der Waals surface area contributed by atoms with Crippen LogP contribution in [0.2, 0.25) is 0 Å². The number of hydrogen-bond acceptors (Lipinski definition) is 3. The summed E-state index contributed by atoms with van der Waals surface area (Å²) in [4.78, 5) is 23.1. The summed E-state index contributed by atoms with van der Waals surface area (Å²) in [6, 6.07) is 3.30. The first-order valence-electron chi connectivity index (χ1n) is 5.31. The molecule has 1 aromatic heterocycles. The van der Waals surface area contributed by atoms with Crippen LogP contribution in [0.3, 0.4) is 0 Å². The highest BCUT2D eigenvalue weighted by atomic mass is 32.1. The zero-order chi connectivity index (χ0) is 11.5. The Morgan fingerprint density at radius 1 is 1.25 bits per heavy atom. The number of thiophene rings is 1. The van der Waals surface area contributed by atoms with Crippen molar-refractivity contribution in [1.29, 1.82) is 0 Å². The van der Waals surface area contributed by atoms with Crippen molar-refractivity contribution in [3.63, 3.8) is 0 Å². The topological polar surface area (TPSA) is 66.4 Å². The molecule has 1 aliphatic carbocycles. The number of hydrogen-bond donors (Lipinski definition) is 2. The van der Waals surface area contributed by atoms with E-state index >= 15 is 0 Å². The quantitative estimate of drug-likeness (QED) is 0.849. The maximum Gasteiger partial charge on any atom is 0.345 e. The molecule has 0 aromatic carbocycles. The fraction of sp³-hybridized carbons (Fsp3) is 0.455. The third-order valence-corrected chi connectivity index (χ3v) is 3.80. The molecule has 0 unspecified atom stereocenters. The molecular formula is C11H13NO3S. The highest BCUT2D eigenvalue weighted by Crippen LogP contribution is 2.20. The van der Waals surface area contributed by atoms with Crippen LogP contribution in [0.1, 0.15) is 45.0 Å². The second kappa shape index (κ2) is 4.65. The minimum absolute atomic E-state index is 0.149. The van der Waals surface area contributed by atoms with Crippen LogP contribution >= 0.6 is 11.3 Å². The standard InChI is InChI=1S/C11H13NO3S/c13-10(12-7-3-1-2-4-7)8-5-6-9(16-8)11(14)15/h5-7H,1-4H2,(H,12,13)(H,14,15). The van der Waals surface area contributed by atoms with Crippen LogP contribution in [-0.2, 0) is 0 Å². The first-order chi connectivity index (χ1) is 7.66. The Bertz CT molecular complexity index is 407. The van der Waals surface area contributed by atoms with Gasteiger partial charge in [-0.1, -0.05) is 12.8 Å². The lowest BCUT2D eigenvalue weighted by molar-refractivity contribution is 0.0702. The minimum atomic E-state index is -0.982. The van der Waals surface area contributed by atoms with Gasteiger partial charge in [0.2, 0.25) is 0 Å². The zero-order valence-corrected chi connectivity index (χ0v) is 9.55. The van der Waals surface area contributed by atoms with Crippen LogP contribution in [0.25, 0.3) is 0 Å². The van der Waals surface area contributed by atoms with Crippen LogP contribution in [0, 0.1) is 0 Å². The third kappa shape index (κ3) is 2.41. The molecule has 1 amide bonds. The second-order valence-electron chi connectivity index (χ2n) is 3.92. The van der Waals surface area contributed by atoms with E-state index in [0.717, 1.165) is 37.0 Å². The van der Waals surface area contributed by atoms with Crippen molar-refractivity contribution in [3.8, 4) is 0 Å². The number of carbonyl (C=O) groups is 2. The number of rotatable bonds is 3. The normalized spacial score (nSPS) is 16.2. The summed E-state index contributed by atoms with van der Waals surface area (Å²) in [5.41, 5.74) is 0. The van der Waals surface area contributed by atoms with Gasteiger partial charge in [0, 0.05) is 6.04 Å². The van der Waals surface area contributed by atoms with Gasteiger partial charge in [0.25, 0.3) is 5.91 Å². The van der Waals surface area contributed by atoms with Crippen molar-refractivity contribution in [1.82, 2.24) is 5.32 Å². The largest absolute Gasteiger partial charge is 0.477 e. The number of nitrogens with one attached hydrogen (secondary N) is 1. The molecule has 2 N–H and O–H groups in total. The van der Waals surface area contributed by atoms with E-state index in [1.807, 2.05) is 0 Å². The van der Waals surface area contributed by atoms with Gasteiger partial charge in [0.05, 0.1) is 4.88 Å². The summed E-state index contributed by atoms with van der Waals surface area (Å²) in [5, 5.41) is 11.7. The number of aromatic carboxylic acids is 1. The van der Waals surface area contributed by atoms with E-state index < -0.39 is 5.97 Å². The van der Waals surface area contributed by atoms with Gasteiger partial charge in [-0.25, -0.2) is 4.79 Å². The number of amides is 1. The molecule has 1 saturated carbocycles. The van der Waals surface area contributed by atoms with Gasteiger partial charge in [-0.3, -0.25) is 4.79 Å². The minimum Gasteiger partial charge on any atom is -0.477 e. The van der Waals surface area contributed by atoms with Crippen LogP contribution < -0.4 is 5.32 Å². The SMILES string of the molecule is O=C(O)c1ccc(C(=O)NC2CCCC2)s1. The molecule has 4 nitrogen and oxygen atoms in total. The van der Waals surface area contributed by atoms with Gasteiger partial charge in [-0.05, 0) is 25.0 Å². The van der Waals surface area contributed by atoms with E-state index in [-0.39, 0.29) is 16.8 Å². The van der Waals surface area contributed by atoms with Crippen molar-refractivity contribution < 1.29 is 14.7 Å². The average molecular weight is 239 g/mol. The Labute approximate surface area is 97.3 Å². The Kier molecular flexibility index (Phi) is 3.24. The molecule has 0 radical (unpaired) electrons. The number of carboxylic acid groups (broad SMARTS) is 1. The van der Waals surface area contributed by atoms with Crippen molar-refractivity contribution in [2.45, 2.75) is 31.7 Å². The van der Waals surface area contributed by atoms with Gasteiger partial charge in [0.15, 0.2) is 0 Å². The molecule has 0 bridgehead atoms. The Morgan fingerprint density at radius 2 is 1.88 bits per heavy atom. The second-order valence-corrected chi connectivity index (χ2v) is 5.01. The van der Waals surface area contributed by atoms with E-state index in [1.54, 1.807) is 6.07 Å². The average Bonchev–Trinajstić information content (AvgIpc) is 2.86. The molecule has 0 aliphatic heterocycles. The maximum atomic E-state index is 11.7. The fourth-order valence-corrected chi connectivity index (χ4v) is 2.65. The van der Waals surface area contributed by atoms with E-state index in [1.165, 1.54) is 6.07 Å². The molecule has 2 rings (SSSR count). The molecule has 1 heterocycles. The molecular weight excluding hydrogens is 226 g/mol. The lowest BCUT2D eigenvalue weighted by Crippen LogP contribution is -2.31. The molecule has 0 atom stereocenters. The monoisotopic (exact) mass is 239 g/mol. The molecule has 0 spiro atoms. The summed E-state index contributed by atoms with van der Waals surface area (Å²) in [6.45, 7) is 0. The predicted molar refractivity (Wildman–Crippen MR) is 61.0 cm³/mol. The van der Waals surface area contributed by atoms with Crippen molar-refractivity contribution in [2.24, 2.45) is 0 Å². The van der Waals surface area contributed by atoms with Crippen LogP contribution in [0.5, 0.6) is 0 Å². The molecule has 16 heavy (non-hydrogen) atoms. The van der Waals surface area contributed by atoms with Crippen LogP contribution in [-0.4, -0.2) is 23.0 Å². The Morgan fingerprint density at radius 3 is 2.44 bits per heavy atom. The summed E-state index contributed by atoms with van der Waals surface area (Å²) in [7, 11) is 0. The zero-order valence-electron chi connectivity index (χ0n) is 8.73. The number of carbonyl (C=O) groups excluding carboxylic acids is 1. The third-order valence-electron chi connectivity index (χ3n) is 2.73. The summed E-state index contributed by atoms with van der Waals surface area (Å²) < 4.78 is 0. The molecule has 86 valence electrons. The van der Waals surface area contributed by atoms with Crippen LogP contribution in [0.15, 0.2) is 12.1 Å². The van der Waals surface area contributed by atoms with E-state index in [9.17, 15) is 9.59 Å².